The summed E-state index contributed by atoms with van der Waals surface area (Å²) >= 11 is 0. The third-order valence-electron chi connectivity index (χ3n) is 1.99. The lowest BCUT2D eigenvalue weighted by atomic mass is 10.3. The first kappa shape index (κ1) is 9.86. The van der Waals surface area contributed by atoms with Crippen LogP contribution in [-0.2, 0) is 4.79 Å². The second kappa shape index (κ2) is 5.43. The Morgan fingerprint density at radius 2 is 2.38 bits per heavy atom. The molecule has 0 saturated heterocycles. The minimum absolute atomic E-state index is 0.128. The first-order valence-electron chi connectivity index (χ1n) is 4.60. The molecule has 0 aromatic heterocycles. The van der Waals surface area contributed by atoms with Crippen molar-refractivity contribution in [2.45, 2.75) is 25.7 Å². The standard InChI is InChI=1S/C8H14N4O/c9-12-11-5-1-4-10-8(13)6-7-2-3-7/h7H,1-6H2,(H,10,13). The SMILES string of the molecule is [N-]=[N+]=NCCCNC(=O)CC1CC1. The van der Waals surface area contributed by atoms with Crippen molar-refractivity contribution in [3.63, 3.8) is 0 Å². The Bertz CT molecular complexity index is 218. The van der Waals surface area contributed by atoms with Gasteiger partial charge in [0.2, 0.25) is 5.91 Å². The lowest BCUT2D eigenvalue weighted by Gasteiger charge is -2.01. The van der Waals surface area contributed by atoms with Gasteiger partial charge in [0.15, 0.2) is 0 Å². The fourth-order valence-corrected chi connectivity index (χ4v) is 1.08. The van der Waals surface area contributed by atoms with Gasteiger partial charge in [-0.3, -0.25) is 4.79 Å². The predicted octanol–water partition coefficient (Wildman–Crippen LogP) is 1.60. The molecule has 0 radical (unpaired) electrons. The fourth-order valence-electron chi connectivity index (χ4n) is 1.08. The average molecular weight is 182 g/mol. The number of nitrogens with zero attached hydrogens (tertiary/aromatic N) is 3. The van der Waals surface area contributed by atoms with E-state index in [1.165, 1.54) is 12.8 Å². The lowest BCUT2D eigenvalue weighted by Crippen LogP contribution is -2.24. The van der Waals surface area contributed by atoms with E-state index in [-0.39, 0.29) is 5.91 Å². The van der Waals surface area contributed by atoms with E-state index in [1.807, 2.05) is 0 Å². The van der Waals surface area contributed by atoms with Gasteiger partial charge in [0, 0.05) is 24.4 Å². The van der Waals surface area contributed by atoms with Crippen molar-refractivity contribution in [1.82, 2.24) is 5.32 Å². The van der Waals surface area contributed by atoms with Crippen LogP contribution in [0.2, 0.25) is 0 Å². The zero-order chi connectivity index (χ0) is 9.52. The summed E-state index contributed by atoms with van der Waals surface area (Å²) in [5, 5.41) is 6.16. The van der Waals surface area contributed by atoms with Gasteiger partial charge >= 0.3 is 0 Å². The second-order valence-corrected chi connectivity index (χ2v) is 3.31. The zero-order valence-electron chi connectivity index (χ0n) is 7.57. The molecular weight excluding hydrogens is 168 g/mol. The second-order valence-electron chi connectivity index (χ2n) is 3.31. The average Bonchev–Trinajstić information content (AvgIpc) is 2.88. The topological polar surface area (TPSA) is 77.9 Å². The van der Waals surface area contributed by atoms with Crippen molar-refractivity contribution in [3.8, 4) is 0 Å². The first-order valence-corrected chi connectivity index (χ1v) is 4.60. The molecule has 1 aliphatic rings. The Kier molecular flexibility index (Phi) is 4.12. The van der Waals surface area contributed by atoms with E-state index in [4.69, 9.17) is 5.53 Å². The highest BCUT2D eigenvalue weighted by atomic mass is 16.1. The van der Waals surface area contributed by atoms with Crippen molar-refractivity contribution < 1.29 is 4.79 Å². The largest absolute Gasteiger partial charge is 0.356 e. The molecule has 0 bridgehead atoms. The Morgan fingerprint density at radius 3 is 3.00 bits per heavy atom. The van der Waals surface area contributed by atoms with E-state index in [9.17, 15) is 4.79 Å². The monoisotopic (exact) mass is 182 g/mol. The van der Waals surface area contributed by atoms with Crippen LogP contribution in [0.4, 0.5) is 0 Å². The van der Waals surface area contributed by atoms with Gasteiger partial charge in [0.1, 0.15) is 0 Å². The number of carbonyl (C=O) groups excluding carboxylic acids is 1. The lowest BCUT2D eigenvalue weighted by molar-refractivity contribution is -0.121. The molecule has 5 nitrogen and oxygen atoms in total. The molecule has 1 rings (SSSR count). The van der Waals surface area contributed by atoms with Crippen LogP contribution in [-0.4, -0.2) is 19.0 Å². The van der Waals surface area contributed by atoms with Gasteiger partial charge in [-0.05, 0) is 30.7 Å². The molecule has 0 aliphatic heterocycles. The van der Waals surface area contributed by atoms with Crippen LogP contribution in [0, 0.1) is 5.92 Å². The van der Waals surface area contributed by atoms with Gasteiger partial charge in [-0.1, -0.05) is 5.11 Å². The summed E-state index contributed by atoms with van der Waals surface area (Å²) in [5.41, 5.74) is 7.97. The van der Waals surface area contributed by atoms with E-state index in [2.05, 4.69) is 15.3 Å². The molecule has 0 unspecified atom stereocenters. The molecule has 5 heteroatoms. The van der Waals surface area contributed by atoms with E-state index < -0.39 is 0 Å². The maximum atomic E-state index is 11.1. The molecule has 1 amide bonds. The number of rotatable bonds is 6. The number of nitrogens with one attached hydrogen (secondary N) is 1. The third-order valence-corrected chi connectivity index (χ3v) is 1.99. The van der Waals surface area contributed by atoms with Gasteiger partial charge < -0.3 is 5.32 Å². The summed E-state index contributed by atoms with van der Waals surface area (Å²) < 4.78 is 0. The smallest absolute Gasteiger partial charge is 0.220 e. The molecular formula is C8H14N4O. The summed E-state index contributed by atoms with van der Waals surface area (Å²) in [4.78, 5) is 13.7. The number of amides is 1. The molecule has 0 spiro atoms. The van der Waals surface area contributed by atoms with Crippen molar-refractivity contribution in [3.05, 3.63) is 10.4 Å². The zero-order valence-corrected chi connectivity index (χ0v) is 7.57. The highest BCUT2D eigenvalue weighted by Gasteiger charge is 2.23. The van der Waals surface area contributed by atoms with Crippen LogP contribution in [0.5, 0.6) is 0 Å². The van der Waals surface area contributed by atoms with Crippen molar-refractivity contribution in [2.24, 2.45) is 11.0 Å². The quantitative estimate of drug-likeness (QED) is 0.288. The van der Waals surface area contributed by atoms with Gasteiger partial charge in [0.05, 0.1) is 0 Å². The van der Waals surface area contributed by atoms with Crippen molar-refractivity contribution in [1.29, 1.82) is 0 Å². The third kappa shape index (κ3) is 5.09. The number of hydrogen-bond donors (Lipinski definition) is 1. The highest BCUT2D eigenvalue weighted by Crippen LogP contribution is 2.31. The Balaban J connectivity index is 1.91. The number of hydrogen-bond acceptors (Lipinski definition) is 2. The highest BCUT2D eigenvalue weighted by molar-refractivity contribution is 5.76. The summed E-state index contributed by atoms with van der Waals surface area (Å²) in [6, 6.07) is 0. The van der Waals surface area contributed by atoms with E-state index in [0.717, 1.165) is 6.42 Å². The molecule has 1 aliphatic carbocycles. The minimum atomic E-state index is 0.128. The van der Waals surface area contributed by atoms with Crippen LogP contribution in [0.25, 0.3) is 10.4 Å². The van der Waals surface area contributed by atoms with Gasteiger partial charge in [-0.2, -0.15) is 0 Å². The van der Waals surface area contributed by atoms with E-state index in [0.29, 0.717) is 25.4 Å². The number of azide groups is 1. The molecule has 0 aromatic carbocycles. The van der Waals surface area contributed by atoms with E-state index in [1.54, 1.807) is 0 Å². The molecule has 0 heterocycles. The van der Waals surface area contributed by atoms with Crippen LogP contribution < -0.4 is 5.32 Å². The molecule has 0 aromatic rings. The molecule has 0 atom stereocenters. The molecule has 1 fully saturated rings. The maximum absolute atomic E-state index is 11.1. The van der Waals surface area contributed by atoms with Crippen molar-refractivity contribution >= 4 is 5.91 Å². The summed E-state index contributed by atoms with van der Waals surface area (Å²) in [5.74, 6) is 0.764. The molecule has 1 saturated carbocycles. The van der Waals surface area contributed by atoms with Gasteiger partial charge in [0.25, 0.3) is 0 Å². The van der Waals surface area contributed by atoms with Gasteiger partial charge in [-0.25, -0.2) is 0 Å². The molecule has 13 heavy (non-hydrogen) atoms. The Morgan fingerprint density at radius 1 is 1.62 bits per heavy atom. The Labute approximate surface area is 77.1 Å². The van der Waals surface area contributed by atoms with Crippen molar-refractivity contribution in [2.75, 3.05) is 13.1 Å². The number of carbonyl (C=O) groups is 1. The predicted molar refractivity (Wildman–Crippen MR) is 49.0 cm³/mol. The minimum Gasteiger partial charge on any atom is -0.356 e. The normalized spacial score (nSPS) is 14.8. The van der Waals surface area contributed by atoms with Crippen LogP contribution in [0.3, 0.4) is 0 Å². The summed E-state index contributed by atoms with van der Waals surface area (Å²) in [6.45, 7) is 1.07. The van der Waals surface area contributed by atoms with Crippen LogP contribution >= 0.6 is 0 Å². The first-order chi connectivity index (χ1) is 6.33. The molecule has 1 N–H and O–H groups in total. The summed E-state index contributed by atoms with van der Waals surface area (Å²) in [6.07, 6.45) is 3.79. The summed E-state index contributed by atoms with van der Waals surface area (Å²) in [7, 11) is 0. The van der Waals surface area contributed by atoms with Gasteiger partial charge in [-0.15, -0.1) is 0 Å². The van der Waals surface area contributed by atoms with Crippen LogP contribution in [0.1, 0.15) is 25.7 Å². The molecule has 72 valence electrons. The van der Waals surface area contributed by atoms with E-state index >= 15 is 0 Å². The maximum Gasteiger partial charge on any atom is 0.220 e. The van der Waals surface area contributed by atoms with Crippen LogP contribution in [0.15, 0.2) is 5.11 Å². The Hall–Kier alpha value is -1.22. The fraction of sp³-hybridized carbons (Fsp3) is 0.875.